The fraction of sp³-hybridized carbons (Fsp3) is 0.415. The molecule has 0 radical (unpaired) electrons. The first kappa shape index (κ1) is 33.9. The first-order valence-corrected chi connectivity index (χ1v) is 20.0. The van der Waals surface area contributed by atoms with Crippen LogP contribution < -0.4 is 0 Å². The number of hydrogen-bond donors (Lipinski definition) is 2. The van der Waals surface area contributed by atoms with Crippen molar-refractivity contribution in [2.75, 3.05) is 25.9 Å². The van der Waals surface area contributed by atoms with Crippen molar-refractivity contribution in [1.82, 2.24) is 19.8 Å². The lowest BCUT2D eigenvalue weighted by atomic mass is 9.72. The van der Waals surface area contributed by atoms with Gasteiger partial charge in [-0.1, -0.05) is 42.5 Å². The van der Waals surface area contributed by atoms with Gasteiger partial charge in [0.05, 0.1) is 22.8 Å². The maximum Gasteiger partial charge on any atom is 0.340 e. The molecular formula is C41H46N4O5S. The topological polar surface area (TPSA) is 116 Å². The van der Waals surface area contributed by atoms with E-state index < -0.39 is 9.84 Å². The molecule has 5 saturated heterocycles. The van der Waals surface area contributed by atoms with Crippen molar-refractivity contribution in [1.29, 1.82) is 0 Å². The van der Waals surface area contributed by atoms with Gasteiger partial charge in [0.2, 0.25) is 0 Å². The van der Waals surface area contributed by atoms with Crippen molar-refractivity contribution in [2.24, 2.45) is 5.92 Å². The minimum atomic E-state index is -3.25. The predicted octanol–water partition coefficient (Wildman–Crippen LogP) is 6.34. The fourth-order valence-corrected chi connectivity index (χ4v) is 10.2. The SMILES string of the molecule is CN1CCC[C@@H]1Cc1c[nH]c2ccc(CCS(=O)(=O)c3ccccc3)cc12.O=C(OC1C[C@@H]2CC3C[C@H](C1)N2CC3=O)c1c[nH]c2ccccc12. The van der Waals surface area contributed by atoms with Gasteiger partial charge in [-0.25, -0.2) is 13.2 Å². The molecule has 266 valence electrons. The number of esters is 1. The monoisotopic (exact) mass is 706 g/mol. The summed E-state index contributed by atoms with van der Waals surface area (Å²) in [6.45, 7) is 1.78. The van der Waals surface area contributed by atoms with Gasteiger partial charge in [0.1, 0.15) is 11.9 Å². The molecular weight excluding hydrogens is 661 g/mol. The van der Waals surface area contributed by atoms with Gasteiger partial charge in [-0.15, -0.1) is 0 Å². The fourth-order valence-electron chi connectivity index (χ4n) is 8.91. The van der Waals surface area contributed by atoms with Gasteiger partial charge < -0.3 is 19.6 Å². The van der Waals surface area contributed by atoms with Crippen molar-refractivity contribution >= 4 is 43.4 Å². The minimum Gasteiger partial charge on any atom is -0.459 e. The van der Waals surface area contributed by atoms with Crippen LogP contribution in [0.1, 0.15) is 60.0 Å². The molecule has 10 heteroatoms. The number of benzene rings is 3. The third kappa shape index (κ3) is 7.01. The Morgan fingerprint density at radius 3 is 2.35 bits per heavy atom. The van der Waals surface area contributed by atoms with Crippen LogP contribution in [-0.4, -0.2) is 90.1 Å². The number of aromatic amines is 2. The summed E-state index contributed by atoms with van der Waals surface area (Å²) in [5.41, 5.74) is 5.09. The lowest BCUT2D eigenvalue weighted by Crippen LogP contribution is -2.63. The Hall–Kier alpha value is -4.25. The van der Waals surface area contributed by atoms with E-state index in [1.165, 1.54) is 30.3 Å². The number of nitrogens with one attached hydrogen (secondary N) is 2. The highest BCUT2D eigenvalue weighted by molar-refractivity contribution is 7.91. The van der Waals surface area contributed by atoms with Crippen LogP contribution in [0.2, 0.25) is 0 Å². The number of H-pyrrole nitrogens is 2. The summed E-state index contributed by atoms with van der Waals surface area (Å²) in [7, 11) is -1.05. The maximum atomic E-state index is 12.6. The number of carbonyl (C=O) groups is 2. The molecule has 5 aliphatic heterocycles. The number of aromatic nitrogens is 2. The van der Waals surface area contributed by atoms with E-state index in [0.717, 1.165) is 54.1 Å². The van der Waals surface area contributed by atoms with Crippen LogP contribution in [0.3, 0.4) is 0 Å². The van der Waals surface area contributed by atoms with Crippen molar-refractivity contribution in [3.05, 3.63) is 102 Å². The largest absolute Gasteiger partial charge is 0.459 e. The number of aryl methyl sites for hydroxylation is 1. The van der Waals surface area contributed by atoms with Crippen molar-refractivity contribution in [3.63, 3.8) is 0 Å². The second-order valence-electron chi connectivity index (χ2n) is 14.9. The molecule has 7 heterocycles. The number of hydrogen-bond acceptors (Lipinski definition) is 7. The Morgan fingerprint density at radius 1 is 0.882 bits per heavy atom. The van der Waals surface area contributed by atoms with Crippen LogP contribution in [0.25, 0.3) is 21.8 Å². The Labute approximate surface area is 299 Å². The highest BCUT2D eigenvalue weighted by atomic mass is 32.2. The summed E-state index contributed by atoms with van der Waals surface area (Å²) in [6.07, 6.45) is 11.5. The van der Waals surface area contributed by atoms with E-state index in [1.54, 1.807) is 30.5 Å². The molecule has 0 spiro atoms. The van der Waals surface area contributed by atoms with Gasteiger partial charge in [-0.2, -0.15) is 0 Å². The molecule has 51 heavy (non-hydrogen) atoms. The first-order chi connectivity index (χ1) is 24.7. The van der Waals surface area contributed by atoms with Crippen LogP contribution in [0.15, 0.2) is 90.1 Å². The Morgan fingerprint density at radius 2 is 1.61 bits per heavy atom. The standard InChI is InChI=1S/C22H26N2O2S.C19H20N2O3/c1-24-12-5-6-19(24)15-18-16-23-22-10-9-17(14-21(18)22)11-13-27(25,26)20-7-3-2-4-8-20;22-18-10-21-12-5-11(18)6-13(21)8-14(7-12)24-19(23)16-9-20-17-4-2-1-3-15(16)17/h2-4,7-10,14,16,19,23H,5-6,11-13,15H2,1H3;1-4,9,11-14,20H,5-8,10H2/t19-;11?,12-,13+,14?/m1./s1. The van der Waals surface area contributed by atoms with Crippen molar-refractivity contribution in [2.45, 2.75) is 80.5 Å². The molecule has 10 rings (SSSR count). The highest BCUT2D eigenvalue weighted by Crippen LogP contribution is 2.42. The Bertz CT molecular complexity index is 2140. The van der Waals surface area contributed by atoms with E-state index in [9.17, 15) is 18.0 Å². The summed E-state index contributed by atoms with van der Waals surface area (Å²) in [5.74, 6) is 0.536. The molecule has 5 aromatic rings. The average molecular weight is 707 g/mol. The van der Waals surface area contributed by atoms with Gasteiger partial charge in [0, 0.05) is 71.1 Å². The molecule has 2 N–H and O–H groups in total. The summed E-state index contributed by atoms with van der Waals surface area (Å²) in [5, 5.41) is 2.14. The van der Waals surface area contributed by atoms with Crippen LogP contribution in [-0.2, 0) is 32.2 Å². The summed E-state index contributed by atoms with van der Waals surface area (Å²) in [6, 6.07) is 24.2. The second kappa shape index (κ2) is 14.1. The van der Waals surface area contributed by atoms with E-state index in [0.29, 0.717) is 47.3 Å². The maximum absolute atomic E-state index is 12.6. The third-order valence-corrected chi connectivity index (χ3v) is 13.5. The summed E-state index contributed by atoms with van der Waals surface area (Å²) >= 11 is 0. The molecule has 9 nitrogen and oxygen atoms in total. The zero-order chi connectivity index (χ0) is 35.1. The summed E-state index contributed by atoms with van der Waals surface area (Å²) < 4.78 is 30.9. The molecule has 0 saturated carbocycles. The number of nitrogens with zero attached hydrogens (tertiary/aromatic N) is 2. The zero-order valence-corrected chi connectivity index (χ0v) is 29.9. The van der Waals surface area contributed by atoms with E-state index >= 15 is 0 Å². The average Bonchev–Trinajstić information content (AvgIpc) is 3.87. The molecule has 0 aliphatic carbocycles. The minimum absolute atomic E-state index is 0.0356. The molecule has 3 unspecified atom stereocenters. The van der Waals surface area contributed by atoms with Crippen LogP contribution in [0, 0.1) is 5.92 Å². The van der Waals surface area contributed by atoms with Gasteiger partial charge in [-0.05, 0) is 93.6 Å². The van der Waals surface area contributed by atoms with Gasteiger partial charge in [0.15, 0.2) is 9.84 Å². The Balaban J connectivity index is 0.000000147. The third-order valence-electron chi connectivity index (χ3n) is 11.7. The number of ether oxygens (including phenoxy) is 1. The van der Waals surface area contributed by atoms with Crippen LogP contribution in [0.5, 0.6) is 0 Å². The number of fused-ring (bicyclic) bond motifs is 3. The molecule has 2 aromatic heterocycles. The van der Waals surface area contributed by atoms with Gasteiger partial charge >= 0.3 is 5.97 Å². The van der Waals surface area contributed by atoms with E-state index in [1.807, 2.05) is 36.4 Å². The van der Waals surface area contributed by atoms with Crippen LogP contribution >= 0.6 is 0 Å². The lowest BCUT2D eigenvalue weighted by Gasteiger charge is -2.54. The molecule has 5 fully saturated rings. The smallest absolute Gasteiger partial charge is 0.340 e. The number of carbonyl (C=O) groups excluding carboxylic acids is 2. The highest BCUT2D eigenvalue weighted by Gasteiger charge is 2.49. The number of likely N-dealkylation sites (tertiary alicyclic amines) is 1. The van der Waals surface area contributed by atoms with E-state index in [-0.39, 0.29) is 23.7 Å². The molecule has 4 bridgehead atoms. The quantitative estimate of drug-likeness (QED) is 0.181. The number of likely N-dealkylation sites (N-methyl/N-ethyl adjacent to an activating group) is 1. The number of rotatable bonds is 8. The van der Waals surface area contributed by atoms with Gasteiger partial charge in [0.25, 0.3) is 0 Å². The van der Waals surface area contributed by atoms with E-state index in [4.69, 9.17) is 4.74 Å². The van der Waals surface area contributed by atoms with E-state index in [2.05, 4.69) is 45.1 Å². The predicted molar refractivity (Wildman–Crippen MR) is 199 cm³/mol. The lowest BCUT2D eigenvalue weighted by molar-refractivity contribution is -0.145. The number of para-hydroxylation sites is 1. The molecule has 6 atom stereocenters. The second-order valence-corrected chi connectivity index (χ2v) is 17.0. The zero-order valence-electron chi connectivity index (χ0n) is 29.1. The Kier molecular flexibility index (Phi) is 9.33. The number of ketones is 1. The van der Waals surface area contributed by atoms with Gasteiger partial charge in [-0.3, -0.25) is 9.69 Å². The van der Waals surface area contributed by atoms with Crippen LogP contribution in [0.4, 0.5) is 0 Å². The number of sulfone groups is 1. The molecule has 3 aromatic carbocycles. The van der Waals surface area contributed by atoms with Crippen molar-refractivity contribution in [3.8, 4) is 0 Å². The normalized spacial score (nSPS) is 25.9. The number of Topliss-reactive ketones (excluding diaryl/α,β-unsaturated/α-hetero) is 1. The summed E-state index contributed by atoms with van der Waals surface area (Å²) in [4.78, 5) is 36.2. The van der Waals surface area contributed by atoms with Crippen molar-refractivity contribution < 1.29 is 22.7 Å². The molecule has 0 amide bonds. The first-order valence-electron chi connectivity index (χ1n) is 18.3. The molecule has 5 aliphatic rings. The number of piperidine rings is 4.